The van der Waals surface area contributed by atoms with Crippen molar-refractivity contribution >= 4 is 51.6 Å². The predicted octanol–water partition coefficient (Wildman–Crippen LogP) is 6.56. The van der Waals surface area contributed by atoms with Crippen LogP contribution in [0.2, 0.25) is 5.02 Å². The summed E-state index contributed by atoms with van der Waals surface area (Å²) in [6.07, 6.45) is 1.65. The van der Waals surface area contributed by atoms with Crippen LogP contribution in [0.15, 0.2) is 46.1 Å². The summed E-state index contributed by atoms with van der Waals surface area (Å²) in [5.74, 6) is 0.200. The molecule has 1 N–H and O–H groups in total. The number of carboxylic acid groups (broad SMARTS) is 1. The molecule has 5 nitrogen and oxygen atoms in total. The zero-order chi connectivity index (χ0) is 24.1. The molecule has 3 aromatic rings. The number of aromatic nitrogens is 1. The van der Waals surface area contributed by atoms with E-state index in [1.54, 1.807) is 48.4 Å². The number of thiophene rings is 1. The van der Waals surface area contributed by atoms with E-state index in [2.05, 4.69) is 21.3 Å². The molecule has 1 saturated heterocycles. The molecule has 0 saturated carbocycles. The number of fused-ring (bicyclic) bond motifs is 1. The second-order valence-electron chi connectivity index (χ2n) is 8.52. The second kappa shape index (κ2) is 11.7. The lowest BCUT2D eigenvalue weighted by Gasteiger charge is -2.36. The minimum atomic E-state index is -1.31. The van der Waals surface area contributed by atoms with Crippen molar-refractivity contribution in [2.24, 2.45) is 11.8 Å². The van der Waals surface area contributed by atoms with Crippen LogP contribution in [0.25, 0.3) is 10.9 Å². The first kappa shape index (κ1) is 25.2. The van der Waals surface area contributed by atoms with Crippen LogP contribution in [0, 0.1) is 11.8 Å². The lowest BCUT2D eigenvalue weighted by molar-refractivity contribution is -0.146. The lowest BCUT2D eigenvalue weighted by atomic mass is 9.81. The van der Waals surface area contributed by atoms with Crippen molar-refractivity contribution in [1.29, 1.82) is 0 Å². The molecule has 0 bridgehead atoms. The Bertz CT molecular complexity index is 1110. The molecule has 0 unspecified atom stereocenters. The molecule has 1 aromatic carbocycles. The molecular weight excluding hydrogens is 495 g/mol. The fourth-order valence-electron chi connectivity index (χ4n) is 4.64. The monoisotopic (exact) mass is 522 g/mol. The number of rotatable bonds is 10. The van der Waals surface area contributed by atoms with Crippen molar-refractivity contribution in [3.8, 4) is 5.75 Å². The van der Waals surface area contributed by atoms with Gasteiger partial charge in [-0.15, -0.1) is 23.1 Å². The maximum Gasteiger partial charge on any atom is 0.308 e. The van der Waals surface area contributed by atoms with E-state index in [1.165, 1.54) is 10.4 Å². The molecule has 1 fully saturated rings. The number of nitrogens with zero attached hydrogens (tertiary/aromatic N) is 2. The van der Waals surface area contributed by atoms with Gasteiger partial charge in [0.25, 0.3) is 0 Å². The Morgan fingerprint density at radius 1 is 1.44 bits per heavy atom. The summed E-state index contributed by atoms with van der Waals surface area (Å²) in [7, 11) is 1.56. The summed E-state index contributed by atoms with van der Waals surface area (Å²) in [5, 5.41) is 12.8. The highest BCUT2D eigenvalue weighted by Gasteiger charge is 2.34. The highest BCUT2D eigenvalue weighted by molar-refractivity contribution is 8.01. The van der Waals surface area contributed by atoms with Crippen LogP contribution in [0.1, 0.15) is 31.0 Å². The van der Waals surface area contributed by atoms with Gasteiger partial charge in [-0.05, 0) is 61.4 Å². The van der Waals surface area contributed by atoms with Crippen LogP contribution < -0.4 is 4.74 Å². The number of ether oxygens (including phenoxy) is 1. The molecule has 0 amide bonds. The second-order valence-corrected chi connectivity index (χ2v) is 11.3. The Balaban J connectivity index is 1.38. The van der Waals surface area contributed by atoms with Gasteiger partial charge in [0.1, 0.15) is 11.9 Å². The summed E-state index contributed by atoms with van der Waals surface area (Å²) in [6, 6.07) is 9.46. The van der Waals surface area contributed by atoms with Crippen molar-refractivity contribution in [3.05, 3.63) is 52.5 Å². The normalized spacial score (nSPS) is 19.9. The molecule has 0 radical (unpaired) electrons. The van der Waals surface area contributed by atoms with Crippen molar-refractivity contribution in [3.63, 3.8) is 0 Å². The molecule has 182 valence electrons. The van der Waals surface area contributed by atoms with Gasteiger partial charge in [0.2, 0.25) is 0 Å². The third-order valence-corrected chi connectivity index (χ3v) is 8.89. The van der Waals surface area contributed by atoms with Crippen LogP contribution >= 0.6 is 34.7 Å². The first-order chi connectivity index (χ1) is 16.5. The molecule has 1 aliphatic rings. The fraction of sp³-hybridized carbons (Fsp3) is 0.440. The Hall–Kier alpha value is -1.87. The summed E-state index contributed by atoms with van der Waals surface area (Å²) in [6.45, 7) is 2.20. The first-order valence-electron chi connectivity index (χ1n) is 11.3. The van der Waals surface area contributed by atoms with Crippen LogP contribution in [-0.4, -0.2) is 53.5 Å². The van der Waals surface area contributed by atoms with E-state index < -0.39 is 18.1 Å². The van der Waals surface area contributed by atoms with E-state index in [-0.39, 0.29) is 17.4 Å². The highest BCUT2D eigenvalue weighted by Crippen LogP contribution is 2.38. The number of pyridine rings is 1. The maximum absolute atomic E-state index is 15.5. The predicted molar refractivity (Wildman–Crippen MR) is 137 cm³/mol. The summed E-state index contributed by atoms with van der Waals surface area (Å²) in [4.78, 5) is 18.5. The fourth-order valence-corrected chi connectivity index (χ4v) is 6.77. The number of carbonyl (C=O) groups is 1. The molecule has 2 aromatic heterocycles. The Morgan fingerprint density at radius 2 is 2.29 bits per heavy atom. The zero-order valence-electron chi connectivity index (χ0n) is 19.0. The third-order valence-electron chi connectivity index (χ3n) is 6.48. The van der Waals surface area contributed by atoms with E-state index in [4.69, 9.17) is 16.3 Å². The van der Waals surface area contributed by atoms with Gasteiger partial charge < -0.3 is 14.7 Å². The van der Waals surface area contributed by atoms with Gasteiger partial charge in [-0.25, -0.2) is 4.39 Å². The van der Waals surface area contributed by atoms with Gasteiger partial charge >= 0.3 is 5.97 Å². The van der Waals surface area contributed by atoms with Crippen molar-refractivity contribution in [1.82, 2.24) is 9.88 Å². The largest absolute Gasteiger partial charge is 0.497 e. The lowest BCUT2D eigenvalue weighted by Crippen LogP contribution is -2.44. The zero-order valence-corrected chi connectivity index (χ0v) is 21.3. The van der Waals surface area contributed by atoms with Gasteiger partial charge in [0.15, 0.2) is 0 Å². The maximum atomic E-state index is 15.5. The van der Waals surface area contributed by atoms with Gasteiger partial charge in [-0.1, -0.05) is 17.7 Å². The van der Waals surface area contributed by atoms with Gasteiger partial charge in [0.05, 0.1) is 27.8 Å². The van der Waals surface area contributed by atoms with Gasteiger partial charge in [-0.2, -0.15) is 0 Å². The SMILES string of the molecule is COc1ccc2ncc(Cl)c([C@@H](F)CC[C@H]3CCN(CCSc4cccs4)C[C@H]3C(=O)O)c2c1. The minimum absolute atomic E-state index is 0.0571. The Kier molecular flexibility index (Phi) is 8.69. The number of thioether (sulfide) groups is 1. The topological polar surface area (TPSA) is 62.7 Å². The molecule has 0 aliphatic carbocycles. The van der Waals surface area contributed by atoms with Gasteiger partial charge in [-0.3, -0.25) is 9.78 Å². The van der Waals surface area contributed by atoms with Crippen LogP contribution in [0.4, 0.5) is 4.39 Å². The number of aliphatic carboxylic acids is 1. The number of halogens is 2. The number of hydrogen-bond donors (Lipinski definition) is 1. The molecule has 3 heterocycles. The Morgan fingerprint density at radius 3 is 3.03 bits per heavy atom. The number of carboxylic acids is 1. The van der Waals surface area contributed by atoms with E-state index in [0.29, 0.717) is 35.2 Å². The Labute approximate surface area is 212 Å². The molecular formula is C25H28ClFN2O3S2. The number of hydrogen-bond acceptors (Lipinski definition) is 6. The average molecular weight is 523 g/mol. The number of benzene rings is 1. The quantitative estimate of drug-likeness (QED) is 0.304. The molecule has 9 heteroatoms. The van der Waals surface area contributed by atoms with Crippen molar-refractivity contribution in [2.75, 3.05) is 32.5 Å². The van der Waals surface area contributed by atoms with E-state index in [9.17, 15) is 9.90 Å². The first-order valence-corrected chi connectivity index (χ1v) is 13.6. The molecule has 0 spiro atoms. The standard InChI is InChI=1S/C25H28ClFN2O3S2/c1-32-17-5-7-22-18(13-17)24(20(26)14-28-22)21(27)6-4-16-8-9-29(15-19(16)25(30)31)10-12-34-23-3-2-11-33-23/h2-3,5,7,11,13-14,16,19,21H,4,6,8-10,12,15H2,1H3,(H,30,31)/t16-,19+,21-/m0/s1. The minimum Gasteiger partial charge on any atom is -0.497 e. The number of piperidine rings is 1. The summed E-state index contributed by atoms with van der Waals surface area (Å²) in [5.41, 5.74) is 1.06. The molecule has 1 aliphatic heterocycles. The van der Waals surface area contributed by atoms with Crippen LogP contribution in [0.5, 0.6) is 5.75 Å². The highest BCUT2D eigenvalue weighted by atomic mass is 35.5. The van der Waals surface area contributed by atoms with Crippen molar-refractivity contribution in [2.45, 2.75) is 29.6 Å². The van der Waals surface area contributed by atoms with Crippen LogP contribution in [0.3, 0.4) is 0 Å². The third kappa shape index (κ3) is 6.03. The molecule has 34 heavy (non-hydrogen) atoms. The van der Waals surface area contributed by atoms with Gasteiger partial charge in [0, 0.05) is 36.0 Å². The van der Waals surface area contributed by atoms with Crippen molar-refractivity contribution < 1.29 is 19.0 Å². The number of alkyl halides is 1. The summed E-state index contributed by atoms with van der Waals surface area (Å²) < 4.78 is 22.1. The summed E-state index contributed by atoms with van der Waals surface area (Å²) >= 11 is 9.88. The molecule has 4 rings (SSSR count). The average Bonchev–Trinajstić information content (AvgIpc) is 3.36. The molecule has 3 atom stereocenters. The smallest absolute Gasteiger partial charge is 0.308 e. The number of methoxy groups -OCH3 is 1. The number of likely N-dealkylation sites (tertiary alicyclic amines) is 1. The van der Waals surface area contributed by atoms with E-state index >= 15 is 4.39 Å². The van der Waals surface area contributed by atoms with Crippen LogP contribution in [-0.2, 0) is 4.79 Å². The van der Waals surface area contributed by atoms with E-state index in [1.807, 2.05) is 6.07 Å². The van der Waals surface area contributed by atoms with E-state index in [0.717, 1.165) is 25.3 Å².